The molecule has 0 unspecified atom stereocenters. The largest absolute Gasteiger partial charge is 0.295 e. The second-order valence-electron chi connectivity index (χ2n) is 4.70. The van der Waals surface area contributed by atoms with Gasteiger partial charge < -0.3 is 0 Å². The van der Waals surface area contributed by atoms with Crippen LogP contribution in [0.25, 0.3) is 0 Å². The summed E-state index contributed by atoms with van der Waals surface area (Å²) >= 11 is 3.21. The number of halogens is 1. The molecule has 6 heteroatoms. The van der Waals surface area contributed by atoms with Gasteiger partial charge in [0.2, 0.25) is 0 Å². The van der Waals surface area contributed by atoms with Gasteiger partial charge in [0.15, 0.2) is 0 Å². The van der Waals surface area contributed by atoms with Crippen molar-refractivity contribution in [1.29, 1.82) is 0 Å². The van der Waals surface area contributed by atoms with Gasteiger partial charge in [-0.2, -0.15) is 0 Å². The summed E-state index contributed by atoms with van der Waals surface area (Å²) in [5, 5.41) is 11.0. The van der Waals surface area contributed by atoms with Crippen LogP contribution in [-0.4, -0.2) is 21.4 Å². The van der Waals surface area contributed by atoms with Crippen LogP contribution >= 0.6 is 15.9 Å². The molecule has 21 heavy (non-hydrogen) atoms. The summed E-state index contributed by atoms with van der Waals surface area (Å²) in [6, 6.07) is 9.22. The number of rotatable bonds is 6. The Bertz CT molecular complexity index is 620. The zero-order valence-electron chi connectivity index (χ0n) is 11.7. The maximum Gasteiger partial charge on any atom is 0.283 e. The Balaban J connectivity index is 2.11. The van der Waals surface area contributed by atoms with Gasteiger partial charge >= 0.3 is 0 Å². The van der Waals surface area contributed by atoms with Crippen LogP contribution in [0.15, 0.2) is 47.2 Å². The summed E-state index contributed by atoms with van der Waals surface area (Å²) < 4.78 is 0.508. The van der Waals surface area contributed by atoms with E-state index < -0.39 is 0 Å². The quantitative estimate of drug-likeness (QED) is 0.588. The highest BCUT2D eigenvalue weighted by molar-refractivity contribution is 9.10. The van der Waals surface area contributed by atoms with E-state index in [9.17, 15) is 10.1 Å². The van der Waals surface area contributed by atoms with Crippen molar-refractivity contribution in [3.63, 3.8) is 0 Å². The smallest absolute Gasteiger partial charge is 0.283 e. The van der Waals surface area contributed by atoms with Gasteiger partial charge in [-0.3, -0.25) is 20.0 Å². The van der Waals surface area contributed by atoms with E-state index in [1.54, 1.807) is 24.5 Å². The normalized spacial score (nSPS) is 10.8. The summed E-state index contributed by atoms with van der Waals surface area (Å²) in [6.45, 7) is 4.41. The molecule has 0 saturated carbocycles. The number of hydrogen-bond donors (Lipinski definition) is 0. The number of nitro benzene ring substituents is 1. The lowest BCUT2D eigenvalue weighted by Gasteiger charge is -2.20. The molecular weight excluding hydrogens is 334 g/mol. The van der Waals surface area contributed by atoms with Crippen molar-refractivity contribution in [2.24, 2.45) is 0 Å². The van der Waals surface area contributed by atoms with Gasteiger partial charge in [0.1, 0.15) is 0 Å². The van der Waals surface area contributed by atoms with Gasteiger partial charge in [-0.1, -0.05) is 13.0 Å². The first kappa shape index (κ1) is 15.6. The number of aromatic nitrogens is 1. The van der Waals surface area contributed by atoms with E-state index in [0.29, 0.717) is 11.0 Å². The van der Waals surface area contributed by atoms with Crippen molar-refractivity contribution in [3.05, 3.63) is 68.4 Å². The summed E-state index contributed by atoms with van der Waals surface area (Å²) in [4.78, 5) is 16.8. The van der Waals surface area contributed by atoms with Crippen molar-refractivity contribution in [1.82, 2.24) is 9.88 Å². The molecule has 0 saturated heterocycles. The lowest BCUT2D eigenvalue weighted by Crippen LogP contribution is -2.22. The summed E-state index contributed by atoms with van der Waals surface area (Å²) in [6.07, 6.45) is 3.54. The van der Waals surface area contributed by atoms with E-state index in [4.69, 9.17) is 0 Å². The first-order valence-electron chi connectivity index (χ1n) is 6.64. The van der Waals surface area contributed by atoms with Crippen LogP contribution in [0, 0.1) is 10.1 Å². The van der Waals surface area contributed by atoms with Gasteiger partial charge in [0, 0.05) is 31.5 Å². The molecule has 0 aliphatic rings. The van der Waals surface area contributed by atoms with Crippen LogP contribution in [0.4, 0.5) is 5.69 Å². The predicted molar refractivity (Wildman–Crippen MR) is 84.8 cm³/mol. The Morgan fingerprint density at radius 1 is 1.19 bits per heavy atom. The fraction of sp³-hybridized carbons (Fsp3) is 0.267. The number of benzene rings is 1. The Hall–Kier alpha value is -1.79. The molecule has 110 valence electrons. The summed E-state index contributed by atoms with van der Waals surface area (Å²) in [5.74, 6) is 0. The maximum absolute atomic E-state index is 11.0. The van der Waals surface area contributed by atoms with Crippen LogP contribution in [0.5, 0.6) is 0 Å². The van der Waals surface area contributed by atoms with Crippen molar-refractivity contribution in [2.45, 2.75) is 20.0 Å². The molecule has 0 spiro atoms. The molecule has 0 radical (unpaired) electrons. The van der Waals surface area contributed by atoms with Gasteiger partial charge in [0.25, 0.3) is 5.69 Å². The van der Waals surface area contributed by atoms with Crippen molar-refractivity contribution in [2.75, 3.05) is 6.54 Å². The second kappa shape index (κ2) is 7.28. The Morgan fingerprint density at radius 2 is 1.86 bits per heavy atom. The lowest BCUT2D eigenvalue weighted by atomic mass is 10.1. The molecule has 0 N–H and O–H groups in total. The molecule has 0 amide bonds. The molecule has 0 atom stereocenters. The fourth-order valence-corrected chi connectivity index (χ4v) is 2.47. The highest BCUT2D eigenvalue weighted by atomic mass is 79.9. The first-order valence-corrected chi connectivity index (χ1v) is 7.43. The van der Waals surface area contributed by atoms with Gasteiger partial charge in [0.05, 0.1) is 9.40 Å². The van der Waals surface area contributed by atoms with Crippen LogP contribution in [0.2, 0.25) is 0 Å². The zero-order valence-corrected chi connectivity index (χ0v) is 13.3. The van der Waals surface area contributed by atoms with E-state index in [1.165, 1.54) is 5.56 Å². The van der Waals surface area contributed by atoms with E-state index in [2.05, 4.69) is 32.7 Å². The Morgan fingerprint density at radius 3 is 2.48 bits per heavy atom. The SMILES string of the molecule is CCN(Cc1ccncc1)Cc1ccc(Br)c([N+](=O)[O-])c1. The van der Waals surface area contributed by atoms with Crippen LogP contribution in [0.1, 0.15) is 18.1 Å². The van der Waals surface area contributed by atoms with Crippen molar-refractivity contribution >= 4 is 21.6 Å². The maximum atomic E-state index is 11.0. The Labute approximate surface area is 131 Å². The number of pyridine rings is 1. The molecule has 0 aliphatic carbocycles. The number of hydrogen-bond acceptors (Lipinski definition) is 4. The molecule has 2 rings (SSSR count). The van der Waals surface area contributed by atoms with Crippen LogP contribution < -0.4 is 0 Å². The third-order valence-electron chi connectivity index (χ3n) is 3.22. The lowest BCUT2D eigenvalue weighted by molar-refractivity contribution is -0.385. The molecule has 0 bridgehead atoms. The molecule has 1 heterocycles. The van der Waals surface area contributed by atoms with Gasteiger partial charge in [-0.25, -0.2) is 0 Å². The summed E-state index contributed by atoms with van der Waals surface area (Å²) in [5.41, 5.74) is 2.21. The molecule has 0 aliphatic heterocycles. The monoisotopic (exact) mass is 349 g/mol. The second-order valence-corrected chi connectivity index (χ2v) is 5.56. The molecule has 1 aromatic heterocycles. The minimum atomic E-state index is -0.368. The zero-order chi connectivity index (χ0) is 15.2. The topological polar surface area (TPSA) is 59.3 Å². The highest BCUT2D eigenvalue weighted by Crippen LogP contribution is 2.26. The predicted octanol–water partition coefficient (Wildman–Crippen LogP) is 3.77. The van der Waals surface area contributed by atoms with E-state index >= 15 is 0 Å². The van der Waals surface area contributed by atoms with Crippen molar-refractivity contribution in [3.8, 4) is 0 Å². The first-order chi connectivity index (χ1) is 10.1. The third kappa shape index (κ3) is 4.34. The minimum absolute atomic E-state index is 0.104. The van der Waals surface area contributed by atoms with Gasteiger partial charge in [-0.05, 0) is 51.8 Å². The van der Waals surface area contributed by atoms with E-state index in [0.717, 1.165) is 18.7 Å². The molecule has 2 aromatic rings. The van der Waals surface area contributed by atoms with E-state index in [-0.39, 0.29) is 10.6 Å². The van der Waals surface area contributed by atoms with Crippen molar-refractivity contribution < 1.29 is 4.92 Å². The molecular formula is C15H16BrN3O2. The van der Waals surface area contributed by atoms with Gasteiger partial charge in [-0.15, -0.1) is 0 Å². The average Bonchev–Trinajstić information content (AvgIpc) is 2.49. The van der Waals surface area contributed by atoms with E-state index in [1.807, 2.05) is 18.2 Å². The number of nitro groups is 1. The summed E-state index contributed by atoms with van der Waals surface area (Å²) in [7, 11) is 0. The van der Waals surface area contributed by atoms with Crippen LogP contribution in [-0.2, 0) is 13.1 Å². The number of nitrogens with zero attached hydrogens (tertiary/aromatic N) is 3. The molecule has 0 fully saturated rings. The Kier molecular flexibility index (Phi) is 5.41. The highest BCUT2D eigenvalue weighted by Gasteiger charge is 2.13. The standard InChI is InChI=1S/C15H16BrN3O2/c1-2-18(10-12-5-7-17-8-6-12)11-13-3-4-14(16)15(9-13)19(20)21/h3-9H,2,10-11H2,1H3. The molecule has 5 nitrogen and oxygen atoms in total. The molecule has 1 aromatic carbocycles. The third-order valence-corrected chi connectivity index (χ3v) is 3.89. The fourth-order valence-electron chi connectivity index (χ4n) is 2.08. The minimum Gasteiger partial charge on any atom is -0.295 e. The average molecular weight is 350 g/mol. The van der Waals surface area contributed by atoms with Crippen LogP contribution in [0.3, 0.4) is 0 Å².